The molecule has 0 heterocycles. The van der Waals surface area contributed by atoms with Gasteiger partial charge >= 0.3 is 18.0 Å². The first kappa shape index (κ1) is 15.9. The van der Waals surface area contributed by atoms with Gasteiger partial charge in [-0.25, -0.2) is 9.59 Å². The Hall–Kier alpha value is -3.17. The van der Waals surface area contributed by atoms with E-state index in [0.29, 0.717) is 0 Å². The number of amides is 1. The Bertz CT molecular complexity index is 598. The zero-order chi connectivity index (χ0) is 16.0. The molecule has 1 aromatic carbocycles. The third-order valence-electron chi connectivity index (χ3n) is 2.28. The number of rotatable bonds is 6. The molecule has 1 rings (SSSR count). The Kier molecular flexibility index (Phi) is 5.17. The minimum Gasteiger partial charge on any atom is -0.480 e. The van der Waals surface area contributed by atoms with Crippen LogP contribution < -0.4 is 5.32 Å². The lowest BCUT2D eigenvalue weighted by molar-refractivity contribution is -0.386. The van der Waals surface area contributed by atoms with Gasteiger partial charge in [-0.1, -0.05) is 6.07 Å². The molecular formula is C11H10N2O8. The van der Waals surface area contributed by atoms with Crippen molar-refractivity contribution in [2.45, 2.75) is 6.61 Å². The average Bonchev–Trinajstić information content (AvgIpc) is 2.41. The van der Waals surface area contributed by atoms with E-state index in [4.69, 9.17) is 10.2 Å². The first-order chi connectivity index (χ1) is 9.82. The molecule has 0 saturated heterocycles. The molecule has 1 aromatic rings. The molecule has 0 aromatic heterocycles. The minimum absolute atomic E-state index is 0.120. The van der Waals surface area contributed by atoms with Gasteiger partial charge in [-0.05, 0) is 12.1 Å². The number of carbonyl (C=O) groups is 3. The number of hydrogen-bond donors (Lipinski definition) is 3. The maximum absolute atomic E-state index is 11.1. The van der Waals surface area contributed by atoms with Crippen molar-refractivity contribution in [1.29, 1.82) is 0 Å². The normalized spacial score (nSPS) is 9.71. The van der Waals surface area contributed by atoms with Crippen molar-refractivity contribution >= 4 is 23.7 Å². The van der Waals surface area contributed by atoms with Gasteiger partial charge in [0.1, 0.15) is 18.7 Å². The quantitative estimate of drug-likeness (QED) is 0.509. The summed E-state index contributed by atoms with van der Waals surface area (Å²) in [6.45, 7) is -1.24. The van der Waals surface area contributed by atoms with E-state index in [-0.39, 0.29) is 5.56 Å². The summed E-state index contributed by atoms with van der Waals surface area (Å²) < 4.78 is 4.59. The van der Waals surface area contributed by atoms with Crippen molar-refractivity contribution in [2.24, 2.45) is 0 Å². The summed E-state index contributed by atoms with van der Waals surface area (Å²) >= 11 is 0. The first-order valence-electron chi connectivity index (χ1n) is 5.45. The van der Waals surface area contributed by atoms with Crippen LogP contribution >= 0.6 is 0 Å². The fraction of sp³-hybridized carbons (Fsp3) is 0.182. The van der Waals surface area contributed by atoms with E-state index in [1.165, 1.54) is 12.1 Å². The number of hydrogen-bond acceptors (Lipinski definition) is 6. The number of para-hydroxylation sites is 1. The Morgan fingerprint density at radius 3 is 2.48 bits per heavy atom. The van der Waals surface area contributed by atoms with Gasteiger partial charge in [-0.2, -0.15) is 0 Å². The summed E-state index contributed by atoms with van der Waals surface area (Å²) in [5.41, 5.74) is -1.34. The van der Waals surface area contributed by atoms with Crippen LogP contribution in [0, 0.1) is 10.1 Å². The predicted octanol–water partition coefficient (Wildman–Crippen LogP) is 0.604. The molecule has 0 spiro atoms. The number of aromatic carboxylic acids is 1. The second-order valence-corrected chi connectivity index (χ2v) is 3.70. The average molecular weight is 298 g/mol. The Labute approximate surface area is 117 Å². The van der Waals surface area contributed by atoms with Crippen molar-refractivity contribution in [1.82, 2.24) is 5.32 Å². The van der Waals surface area contributed by atoms with E-state index in [9.17, 15) is 24.5 Å². The topological polar surface area (TPSA) is 156 Å². The molecule has 0 aliphatic carbocycles. The van der Waals surface area contributed by atoms with Crippen LogP contribution in [0.3, 0.4) is 0 Å². The third-order valence-corrected chi connectivity index (χ3v) is 2.28. The number of carboxylic acids is 2. The summed E-state index contributed by atoms with van der Waals surface area (Å²) in [6.07, 6.45) is -1.09. The summed E-state index contributed by atoms with van der Waals surface area (Å²) in [6, 6.07) is 3.55. The van der Waals surface area contributed by atoms with Crippen molar-refractivity contribution in [3.05, 3.63) is 39.4 Å². The molecule has 0 aliphatic rings. The molecule has 3 N–H and O–H groups in total. The lowest BCUT2D eigenvalue weighted by Gasteiger charge is -2.07. The molecule has 0 bridgehead atoms. The Morgan fingerprint density at radius 1 is 1.29 bits per heavy atom. The van der Waals surface area contributed by atoms with E-state index in [1.54, 1.807) is 0 Å². The number of nitrogens with zero attached hydrogens (tertiary/aromatic N) is 1. The highest BCUT2D eigenvalue weighted by Crippen LogP contribution is 2.24. The van der Waals surface area contributed by atoms with Crippen LogP contribution in [0.1, 0.15) is 15.9 Å². The van der Waals surface area contributed by atoms with Gasteiger partial charge in [-0.15, -0.1) is 0 Å². The number of alkyl carbamates (subject to hydrolysis) is 1. The van der Waals surface area contributed by atoms with Gasteiger partial charge < -0.3 is 20.3 Å². The van der Waals surface area contributed by atoms with Crippen molar-refractivity contribution in [2.75, 3.05) is 6.54 Å². The number of nitrogens with one attached hydrogen (secondary N) is 1. The molecule has 10 nitrogen and oxygen atoms in total. The predicted molar refractivity (Wildman–Crippen MR) is 65.9 cm³/mol. The molecule has 0 saturated carbocycles. The van der Waals surface area contributed by atoms with Crippen LogP contribution in [-0.2, 0) is 16.1 Å². The standard InChI is InChI=1S/C11H10N2O8/c14-8(15)4-12-11(18)21-5-6-2-1-3-7(10(16)17)9(6)13(19)20/h1-3H,4-5H2,(H,12,18)(H,14,15)(H,16,17). The van der Waals surface area contributed by atoms with E-state index in [1.807, 2.05) is 5.32 Å². The number of aliphatic carboxylic acids is 1. The fourth-order valence-electron chi connectivity index (χ4n) is 1.44. The van der Waals surface area contributed by atoms with E-state index < -0.39 is 47.4 Å². The molecule has 0 unspecified atom stereocenters. The number of carbonyl (C=O) groups excluding carboxylic acids is 1. The SMILES string of the molecule is O=C(O)CNC(=O)OCc1cccc(C(=O)O)c1[N+](=O)[O-]. The summed E-state index contributed by atoms with van der Waals surface area (Å²) in [5, 5.41) is 30.0. The van der Waals surface area contributed by atoms with Crippen LogP contribution in [0.4, 0.5) is 10.5 Å². The second kappa shape index (κ2) is 6.84. The van der Waals surface area contributed by atoms with Crippen molar-refractivity contribution < 1.29 is 34.3 Å². The van der Waals surface area contributed by atoms with Gasteiger partial charge in [0, 0.05) is 0 Å². The van der Waals surface area contributed by atoms with Crippen LogP contribution in [0.2, 0.25) is 0 Å². The maximum atomic E-state index is 11.1. The minimum atomic E-state index is -1.49. The lowest BCUT2D eigenvalue weighted by atomic mass is 10.1. The van der Waals surface area contributed by atoms with Crippen molar-refractivity contribution in [3.63, 3.8) is 0 Å². The molecule has 0 atom stereocenters. The fourth-order valence-corrected chi connectivity index (χ4v) is 1.44. The lowest BCUT2D eigenvalue weighted by Crippen LogP contribution is -2.29. The number of carboxylic acid groups (broad SMARTS) is 2. The first-order valence-corrected chi connectivity index (χ1v) is 5.45. The zero-order valence-electron chi connectivity index (χ0n) is 10.4. The number of nitro groups is 1. The zero-order valence-corrected chi connectivity index (χ0v) is 10.4. The molecule has 0 fully saturated rings. The van der Waals surface area contributed by atoms with Gasteiger partial charge in [0.15, 0.2) is 0 Å². The molecule has 0 radical (unpaired) electrons. The van der Waals surface area contributed by atoms with Crippen LogP contribution in [0.5, 0.6) is 0 Å². The number of ether oxygens (including phenoxy) is 1. The van der Waals surface area contributed by atoms with E-state index in [0.717, 1.165) is 6.07 Å². The van der Waals surface area contributed by atoms with Gasteiger partial charge in [-0.3, -0.25) is 14.9 Å². The van der Waals surface area contributed by atoms with E-state index >= 15 is 0 Å². The number of nitro benzene ring substituents is 1. The van der Waals surface area contributed by atoms with Crippen LogP contribution in [-0.4, -0.2) is 39.7 Å². The number of benzene rings is 1. The second-order valence-electron chi connectivity index (χ2n) is 3.70. The molecule has 112 valence electrons. The van der Waals surface area contributed by atoms with Gasteiger partial charge in [0.2, 0.25) is 0 Å². The molecule has 0 aliphatic heterocycles. The summed E-state index contributed by atoms with van der Waals surface area (Å²) in [5.74, 6) is -2.77. The third kappa shape index (κ3) is 4.45. The summed E-state index contributed by atoms with van der Waals surface area (Å²) in [4.78, 5) is 42.3. The maximum Gasteiger partial charge on any atom is 0.407 e. The van der Waals surface area contributed by atoms with Crippen molar-refractivity contribution in [3.8, 4) is 0 Å². The van der Waals surface area contributed by atoms with Gasteiger partial charge in [0.25, 0.3) is 5.69 Å². The molecule has 1 amide bonds. The van der Waals surface area contributed by atoms with Crippen LogP contribution in [0.25, 0.3) is 0 Å². The summed E-state index contributed by atoms with van der Waals surface area (Å²) in [7, 11) is 0. The molecule has 10 heteroatoms. The van der Waals surface area contributed by atoms with E-state index in [2.05, 4.69) is 4.74 Å². The Morgan fingerprint density at radius 2 is 1.95 bits per heavy atom. The largest absolute Gasteiger partial charge is 0.480 e. The van der Waals surface area contributed by atoms with Crippen LogP contribution in [0.15, 0.2) is 18.2 Å². The monoisotopic (exact) mass is 298 g/mol. The molecule has 21 heavy (non-hydrogen) atoms. The smallest absolute Gasteiger partial charge is 0.407 e. The van der Waals surface area contributed by atoms with Gasteiger partial charge in [0.05, 0.1) is 10.5 Å². The highest BCUT2D eigenvalue weighted by Gasteiger charge is 2.24. The Balaban J connectivity index is 2.86. The highest BCUT2D eigenvalue weighted by molar-refractivity contribution is 5.93. The molecular weight excluding hydrogens is 288 g/mol. The highest BCUT2D eigenvalue weighted by atomic mass is 16.6.